The van der Waals surface area contributed by atoms with Gasteiger partial charge in [-0.1, -0.05) is 0 Å². The third-order valence-corrected chi connectivity index (χ3v) is 4.20. The maximum atomic E-state index is 10.3. The van der Waals surface area contributed by atoms with Crippen LogP contribution in [0, 0.1) is 6.92 Å². The minimum atomic E-state index is -0.598. The average Bonchev–Trinajstić information content (AvgIpc) is 3.11. The van der Waals surface area contributed by atoms with E-state index in [1.54, 1.807) is 12.3 Å². The Hall–Kier alpha value is -1.63. The number of nitrogens with zero attached hydrogens (tertiary/aromatic N) is 3. The Labute approximate surface area is 130 Å². The predicted molar refractivity (Wildman–Crippen MR) is 81.2 cm³/mol. The molecule has 1 aliphatic heterocycles. The fourth-order valence-electron chi connectivity index (χ4n) is 2.99. The van der Waals surface area contributed by atoms with Gasteiger partial charge in [0, 0.05) is 37.9 Å². The van der Waals surface area contributed by atoms with Gasteiger partial charge in [-0.15, -0.1) is 0 Å². The summed E-state index contributed by atoms with van der Waals surface area (Å²) in [6, 6.07) is 3.78. The van der Waals surface area contributed by atoms with Crippen molar-refractivity contribution >= 4 is 0 Å². The third-order valence-electron chi connectivity index (χ3n) is 4.20. The molecule has 0 aliphatic carbocycles. The molecule has 2 unspecified atom stereocenters. The van der Waals surface area contributed by atoms with Gasteiger partial charge in [-0.05, 0) is 25.5 Å². The zero-order chi connectivity index (χ0) is 15.5. The van der Waals surface area contributed by atoms with Gasteiger partial charge in [-0.25, -0.2) is 0 Å². The van der Waals surface area contributed by atoms with Gasteiger partial charge in [0.1, 0.15) is 11.9 Å². The molecule has 120 valence electrons. The normalized spacial score (nSPS) is 21.1. The van der Waals surface area contributed by atoms with Crippen molar-refractivity contribution in [3.63, 3.8) is 0 Å². The maximum Gasteiger partial charge on any atom is 0.132 e. The predicted octanol–water partition coefficient (Wildman–Crippen LogP) is 1.65. The van der Waals surface area contributed by atoms with Crippen LogP contribution >= 0.6 is 0 Å². The topological polar surface area (TPSA) is 63.7 Å². The Balaban J connectivity index is 1.67. The number of rotatable bonds is 5. The van der Waals surface area contributed by atoms with E-state index in [1.807, 2.05) is 24.7 Å². The molecule has 3 rings (SSSR count). The van der Waals surface area contributed by atoms with Gasteiger partial charge in [0.15, 0.2) is 0 Å². The summed E-state index contributed by atoms with van der Waals surface area (Å²) < 4.78 is 12.7. The van der Waals surface area contributed by atoms with E-state index in [4.69, 9.17) is 9.15 Å². The molecule has 2 aromatic heterocycles. The van der Waals surface area contributed by atoms with Crippen LogP contribution < -0.4 is 0 Å². The molecule has 1 saturated heterocycles. The highest BCUT2D eigenvalue weighted by Gasteiger charge is 2.27. The lowest BCUT2D eigenvalue weighted by atomic mass is 10.0. The molecule has 0 aromatic carbocycles. The van der Waals surface area contributed by atoms with Gasteiger partial charge in [-0.3, -0.25) is 9.58 Å². The van der Waals surface area contributed by atoms with E-state index in [0.717, 1.165) is 25.4 Å². The van der Waals surface area contributed by atoms with E-state index in [9.17, 15) is 5.11 Å². The van der Waals surface area contributed by atoms with Crippen molar-refractivity contribution in [1.29, 1.82) is 0 Å². The molecule has 3 heterocycles. The number of morpholine rings is 1. The Morgan fingerprint density at radius 2 is 2.36 bits per heavy atom. The largest absolute Gasteiger partial charge is 0.467 e. The number of aryl methyl sites for hydroxylation is 2. The standard InChI is InChI=1S/C16H23N3O3/c1-12-13(9-18(2)17-12)10-19-5-7-21-11-14(19)8-15(20)16-4-3-6-22-16/h3-4,6,9,14-15,20H,5,7-8,10-11H2,1-2H3. The van der Waals surface area contributed by atoms with Crippen LogP contribution in [0.25, 0.3) is 0 Å². The first-order valence-corrected chi connectivity index (χ1v) is 7.66. The second-order valence-electron chi connectivity index (χ2n) is 5.88. The second-order valence-corrected chi connectivity index (χ2v) is 5.88. The first-order chi connectivity index (χ1) is 10.6. The Morgan fingerprint density at radius 1 is 1.50 bits per heavy atom. The summed E-state index contributed by atoms with van der Waals surface area (Å²) >= 11 is 0. The molecule has 0 saturated carbocycles. The fourth-order valence-corrected chi connectivity index (χ4v) is 2.99. The first kappa shape index (κ1) is 15.3. The fraction of sp³-hybridized carbons (Fsp3) is 0.562. The van der Waals surface area contributed by atoms with Crippen LogP contribution in [-0.2, 0) is 18.3 Å². The molecule has 0 radical (unpaired) electrons. The van der Waals surface area contributed by atoms with Crippen LogP contribution in [0.1, 0.15) is 29.5 Å². The lowest BCUT2D eigenvalue weighted by Gasteiger charge is -2.36. The van der Waals surface area contributed by atoms with E-state index in [0.29, 0.717) is 18.8 Å². The third kappa shape index (κ3) is 3.40. The van der Waals surface area contributed by atoms with E-state index in [-0.39, 0.29) is 6.04 Å². The van der Waals surface area contributed by atoms with Crippen molar-refractivity contribution < 1.29 is 14.3 Å². The quantitative estimate of drug-likeness (QED) is 0.910. The van der Waals surface area contributed by atoms with Crippen LogP contribution in [0.15, 0.2) is 29.0 Å². The van der Waals surface area contributed by atoms with Crippen molar-refractivity contribution in [1.82, 2.24) is 14.7 Å². The molecule has 22 heavy (non-hydrogen) atoms. The van der Waals surface area contributed by atoms with Crippen molar-refractivity contribution in [3.05, 3.63) is 41.6 Å². The summed E-state index contributed by atoms with van der Waals surface area (Å²) in [5, 5.41) is 14.7. The number of hydrogen-bond acceptors (Lipinski definition) is 5. The SMILES string of the molecule is Cc1nn(C)cc1CN1CCOCC1CC(O)c1ccco1. The van der Waals surface area contributed by atoms with E-state index < -0.39 is 6.10 Å². The molecule has 6 nitrogen and oxygen atoms in total. The molecule has 2 atom stereocenters. The maximum absolute atomic E-state index is 10.3. The van der Waals surface area contributed by atoms with Crippen LogP contribution in [-0.4, -0.2) is 45.6 Å². The van der Waals surface area contributed by atoms with Crippen LogP contribution in [0.2, 0.25) is 0 Å². The number of aliphatic hydroxyl groups is 1. The molecule has 1 N–H and O–H groups in total. The van der Waals surface area contributed by atoms with Gasteiger partial charge < -0.3 is 14.3 Å². The highest BCUT2D eigenvalue weighted by Crippen LogP contribution is 2.24. The van der Waals surface area contributed by atoms with Crippen molar-refractivity contribution in [3.8, 4) is 0 Å². The molecule has 1 aliphatic rings. The van der Waals surface area contributed by atoms with Crippen molar-refractivity contribution in [2.24, 2.45) is 7.05 Å². The summed E-state index contributed by atoms with van der Waals surface area (Å²) in [4.78, 5) is 2.36. The summed E-state index contributed by atoms with van der Waals surface area (Å²) in [6.07, 6.45) is 3.66. The minimum absolute atomic E-state index is 0.174. The number of furan rings is 1. The number of hydrogen-bond donors (Lipinski definition) is 1. The molecule has 0 bridgehead atoms. The zero-order valence-corrected chi connectivity index (χ0v) is 13.1. The summed E-state index contributed by atoms with van der Waals surface area (Å²) in [7, 11) is 1.94. The Bertz CT molecular complexity index is 594. The van der Waals surface area contributed by atoms with Gasteiger partial charge >= 0.3 is 0 Å². The summed E-state index contributed by atoms with van der Waals surface area (Å²) in [5.41, 5.74) is 2.28. The van der Waals surface area contributed by atoms with Crippen LogP contribution in [0.4, 0.5) is 0 Å². The van der Waals surface area contributed by atoms with Crippen LogP contribution in [0.3, 0.4) is 0 Å². The number of aromatic nitrogens is 2. The molecule has 0 amide bonds. The molecular formula is C16H23N3O3. The molecule has 1 fully saturated rings. The van der Waals surface area contributed by atoms with Gasteiger partial charge in [0.05, 0.1) is 25.2 Å². The van der Waals surface area contributed by atoms with E-state index in [1.165, 1.54) is 5.56 Å². The van der Waals surface area contributed by atoms with Crippen molar-refractivity contribution in [2.45, 2.75) is 32.0 Å². The number of aliphatic hydroxyl groups excluding tert-OH is 1. The lowest BCUT2D eigenvalue weighted by molar-refractivity contribution is -0.0323. The highest BCUT2D eigenvalue weighted by atomic mass is 16.5. The average molecular weight is 305 g/mol. The van der Waals surface area contributed by atoms with E-state index >= 15 is 0 Å². The van der Waals surface area contributed by atoms with Gasteiger partial charge in [-0.2, -0.15) is 5.10 Å². The van der Waals surface area contributed by atoms with Crippen LogP contribution in [0.5, 0.6) is 0 Å². The smallest absolute Gasteiger partial charge is 0.132 e. The van der Waals surface area contributed by atoms with Gasteiger partial charge in [0.25, 0.3) is 0 Å². The monoisotopic (exact) mass is 305 g/mol. The minimum Gasteiger partial charge on any atom is -0.467 e. The molecule has 6 heteroatoms. The Morgan fingerprint density at radius 3 is 3.05 bits per heavy atom. The zero-order valence-electron chi connectivity index (χ0n) is 13.1. The van der Waals surface area contributed by atoms with Crippen molar-refractivity contribution in [2.75, 3.05) is 19.8 Å². The van der Waals surface area contributed by atoms with E-state index in [2.05, 4.69) is 16.2 Å². The summed E-state index contributed by atoms with van der Waals surface area (Å²) in [5.74, 6) is 0.614. The molecule has 2 aromatic rings. The highest BCUT2D eigenvalue weighted by molar-refractivity contribution is 5.15. The molecular weight excluding hydrogens is 282 g/mol. The second kappa shape index (κ2) is 6.64. The Kier molecular flexibility index (Phi) is 4.61. The first-order valence-electron chi connectivity index (χ1n) is 7.66. The lowest BCUT2D eigenvalue weighted by Crippen LogP contribution is -2.45. The summed E-state index contributed by atoms with van der Waals surface area (Å²) in [6.45, 7) is 5.09. The number of ether oxygens (including phenoxy) is 1. The van der Waals surface area contributed by atoms with Gasteiger partial charge in [0.2, 0.25) is 0 Å². The molecule has 0 spiro atoms.